The minimum atomic E-state index is -1.79. The van der Waals surface area contributed by atoms with Gasteiger partial charge in [-0.05, 0) is 32.1 Å². The molecule has 14 nitrogen and oxygen atoms in total. The Labute approximate surface area is 462 Å². The molecule has 0 aromatic heterocycles. The van der Waals surface area contributed by atoms with Crippen molar-refractivity contribution in [3.8, 4) is 0 Å². The van der Waals surface area contributed by atoms with Crippen LogP contribution in [0.1, 0.15) is 271 Å². The lowest BCUT2D eigenvalue weighted by Crippen LogP contribution is -2.65. The van der Waals surface area contributed by atoms with Crippen LogP contribution in [0.4, 0.5) is 0 Å². The number of hydrogen-bond acceptors (Lipinski definition) is 13. The lowest BCUT2D eigenvalue weighted by molar-refractivity contribution is -0.359. The highest BCUT2D eigenvalue weighted by atomic mass is 16.7. The Bertz CT molecular complexity index is 1370. The molecular formula is C62H117NO13. The largest absolute Gasteiger partial charge is 0.394 e. The van der Waals surface area contributed by atoms with Crippen LogP contribution in [0.3, 0.4) is 0 Å². The van der Waals surface area contributed by atoms with Gasteiger partial charge in [-0.15, -0.1) is 0 Å². The minimum Gasteiger partial charge on any atom is -0.394 e. The first-order valence-electron chi connectivity index (χ1n) is 31.6. The number of unbranched alkanes of at least 4 members (excludes halogenated alkanes) is 36. The van der Waals surface area contributed by atoms with E-state index >= 15 is 0 Å². The number of aliphatic hydroxyl groups is 8. The summed E-state index contributed by atoms with van der Waals surface area (Å²) in [5, 5.41) is 86.9. The van der Waals surface area contributed by atoms with E-state index < -0.39 is 86.8 Å². The number of allylic oxidation sites excluding steroid dienone is 3. The molecule has 9 N–H and O–H groups in total. The average molecular weight is 1080 g/mol. The number of rotatable bonds is 51. The molecule has 2 aliphatic rings. The van der Waals surface area contributed by atoms with Crippen molar-refractivity contribution in [3.63, 3.8) is 0 Å². The summed E-state index contributed by atoms with van der Waals surface area (Å²) in [6.45, 7) is 2.77. The predicted molar refractivity (Wildman–Crippen MR) is 305 cm³/mol. The standard InChI is InChI=1S/C62H117NO13/c1-3-5-7-9-11-13-14-15-16-17-18-19-20-21-22-23-24-25-26-27-28-29-30-31-32-33-34-35-36-38-39-41-43-45-51(66)50(63-54(67)46-44-42-40-37-12-10-8-6-4-2)49-73-61-59(72)57(70)60(53(48-65)75-61)76-62-58(71)56(69)55(68)52(47-64)74-62/h36,38,43,45,50-53,55-62,64-66,68-72H,3-35,37,39-42,44,46-49H2,1-2H3,(H,63,67)/b38-36+,45-43+. The van der Waals surface area contributed by atoms with Gasteiger partial charge in [-0.1, -0.05) is 256 Å². The summed E-state index contributed by atoms with van der Waals surface area (Å²) in [5.74, 6) is -0.250. The molecule has 1 amide bonds. The molecule has 0 bridgehead atoms. The summed E-state index contributed by atoms with van der Waals surface area (Å²) in [4.78, 5) is 13.1. The van der Waals surface area contributed by atoms with E-state index in [9.17, 15) is 45.6 Å². The number of nitrogens with one attached hydrogen (secondary N) is 1. The third-order valence-electron chi connectivity index (χ3n) is 15.6. The van der Waals surface area contributed by atoms with E-state index in [2.05, 4.69) is 31.3 Å². The van der Waals surface area contributed by atoms with Crippen LogP contribution in [0.15, 0.2) is 24.3 Å². The van der Waals surface area contributed by atoms with Crippen LogP contribution >= 0.6 is 0 Å². The number of ether oxygens (including phenoxy) is 4. The third kappa shape index (κ3) is 33.3. The van der Waals surface area contributed by atoms with Gasteiger partial charge in [-0.25, -0.2) is 0 Å². The first-order valence-corrected chi connectivity index (χ1v) is 31.6. The Hall–Kier alpha value is -1.53. The van der Waals surface area contributed by atoms with Gasteiger partial charge in [0.1, 0.15) is 48.8 Å². The Morgan fingerprint density at radius 2 is 0.842 bits per heavy atom. The fourth-order valence-electron chi connectivity index (χ4n) is 10.5. The molecule has 0 aromatic rings. The molecule has 14 heteroatoms. The number of amides is 1. The monoisotopic (exact) mass is 1080 g/mol. The minimum absolute atomic E-state index is 0.250. The summed E-state index contributed by atoms with van der Waals surface area (Å²) in [6.07, 6.45) is 41.4. The fourth-order valence-corrected chi connectivity index (χ4v) is 10.5. The molecule has 0 aliphatic carbocycles. The van der Waals surface area contributed by atoms with Crippen LogP contribution in [0.5, 0.6) is 0 Å². The van der Waals surface area contributed by atoms with E-state index in [-0.39, 0.29) is 18.9 Å². The maximum Gasteiger partial charge on any atom is 0.220 e. The highest BCUT2D eigenvalue weighted by Crippen LogP contribution is 2.30. The zero-order valence-electron chi connectivity index (χ0n) is 48.3. The van der Waals surface area contributed by atoms with Crippen LogP contribution in [0, 0.1) is 0 Å². The molecule has 0 radical (unpaired) electrons. The third-order valence-corrected chi connectivity index (χ3v) is 15.6. The average Bonchev–Trinajstić information content (AvgIpc) is 3.42. The van der Waals surface area contributed by atoms with Crippen molar-refractivity contribution >= 4 is 5.91 Å². The van der Waals surface area contributed by atoms with E-state index in [0.717, 1.165) is 32.1 Å². The molecule has 448 valence electrons. The number of carbonyl (C=O) groups is 1. The molecular weight excluding hydrogens is 967 g/mol. The van der Waals surface area contributed by atoms with Crippen LogP contribution in [0.2, 0.25) is 0 Å². The molecule has 2 saturated heterocycles. The van der Waals surface area contributed by atoms with Gasteiger partial charge < -0.3 is 65.1 Å². The lowest BCUT2D eigenvalue weighted by Gasteiger charge is -2.46. The topological polar surface area (TPSA) is 228 Å². The second-order valence-electron chi connectivity index (χ2n) is 22.5. The van der Waals surface area contributed by atoms with Crippen molar-refractivity contribution in [2.75, 3.05) is 19.8 Å². The van der Waals surface area contributed by atoms with Gasteiger partial charge in [-0.3, -0.25) is 4.79 Å². The van der Waals surface area contributed by atoms with Gasteiger partial charge in [0.25, 0.3) is 0 Å². The lowest BCUT2D eigenvalue weighted by atomic mass is 9.97. The van der Waals surface area contributed by atoms with Crippen LogP contribution < -0.4 is 5.32 Å². The number of hydrogen-bond donors (Lipinski definition) is 9. The fraction of sp³-hybridized carbons (Fsp3) is 0.919. The number of carbonyl (C=O) groups excluding carboxylic acids is 1. The smallest absolute Gasteiger partial charge is 0.220 e. The van der Waals surface area contributed by atoms with Crippen molar-refractivity contribution in [1.82, 2.24) is 5.32 Å². The molecule has 2 heterocycles. The highest BCUT2D eigenvalue weighted by Gasteiger charge is 2.51. The van der Waals surface area contributed by atoms with Crippen LogP contribution in [-0.2, 0) is 23.7 Å². The zero-order chi connectivity index (χ0) is 55.3. The zero-order valence-corrected chi connectivity index (χ0v) is 48.3. The molecule has 2 fully saturated rings. The molecule has 0 aromatic carbocycles. The van der Waals surface area contributed by atoms with E-state index in [4.69, 9.17) is 18.9 Å². The molecule has 0 saturated carbocycles. The molecule has 12 atom stereocenters. The second-order valence-corrected chi connectivity index (χ2v) is 22.5. The van der Waals surface area contributed by atoms with Crippen molar-refractivity contribution in [3.05, 3.63) is 24.3 Å². The van der Waals surface area contributed by atoms with E-state index in [1.54, 1.807) is 6.08 Å². The summed E-state index contributed by atoms with van der Waals surface area (Å²) >= 11 is 0. The second kappa shape index (κ2) is 48.2. The van der Waals surface area contributed by atoms with E-state index in [1.165, 1.54) is 205 Å². The quantitative estimate of drug-likeness (QED) is 0.0204. The van der Waals surface area contributed by atoms with Gasteiger partial charge in [0.2, 0.25) is 5.91 Å². The Balaban J connectivity index is 1.62. The molecule has 12 unspecified atom stereocenters. The maximum absolute atomic E-state index is 13.1. The SMILES string of the molecule is CCCCCCCCCCCCCCCCCCCCCCCCCCCCC/C=C/CC/C=C/C(O)C(COC1OC(CO)C(OC2OC(CO)C(O)C(O)C2O)C(O)C1O)NC(=O)CCCCCCCCCCC. The summed E-state index contributed by atoms with van der Waals surface area (Å²) in [5.41, 5.74) is 0. The Morgan fingerprint density at radius 1 is 0.461 bits per heavy atom. The van der Waals surface area contributed by atoms with E-state index in [1.807, 2.05) is 6.08 Å². The molecule has 0 spiro atoms. The predicted octanol–water partition coefficient (Wildman–Crippen LogP) is 11.2. The normalized spacial score (nSPS) is 25.0. The summed E-state index contributed by atoms with van der Waals surface area (Å²) in [7, 11) is 0. The Morgan fingerprint density at radius 3 is 1.29 bits per heavy atom. The molecule has 2 aliphatic heterocycles. The molecule has 2 rings (SSSR count). The van der Waals surface area contributed by atoms with Crippen molar-refractivity contribution in [2.45, 2.75) is 344 Å². The van der Waals surface area contributed by atoms with Crippen LogP contribution in [0.25, 0.3) is 0 Å². The Kier molecular flexibility index (Phi) is 44.8. The summed E-state index contributed by atoms with van der Waals surface area (Å²) < 4.78 is 22.7. The van der Waals surface area contributed by atoms with Crippen molar-refractivity contribution < 1.29 is 64.6 Å². The van der Waals surface area contributed by atoms with Crippen molar-refractivity contribution in [2.24, 2.45) is 0 Å². The van der Waals surface area contributed by atoms with Gasteiger partial charge in [0.05, 0.1) is 32.0 Å². The van der Waals surface area contributed by atoms with Gasteiger partial charge in [-0.2, -0.15) is 0 Å². The highest BCUT2D eigenvalue weighted by molar-refractivity contribution is 5.76. The van der Waals surface area contributed by atoms with E-state index in [0.29, 0.717) is 12.8 Å². The molecule has 76 heavy (non-hydrogen) atoms. The first-order chi connectivity index (χ1) is 37.1. The van der Waals surface area contributed by atoms with Gasteiger partial charge >= 0.3 is 0 Å². The summed E-state index contributed by atoms with van der Waals surface area (Å²) in [6, 6.07) is -0.926. The van der Waals surface area contributed by atoms with Crippen molar-refractivity contribution in [1.29, 1.82) is 0 Å². The first kappa shape index (κ1) is 70.6. The maximum atomic E-state index is 13.1. The van der Waals surface area contributed by atoms with Gasteiger partial charge in [0.15, 0.2) is 12.6 Å². The van der Waals surface area contributed by atoms with Gasteiger partial charge in [0, 0.05) is 6.42 Å². The van der Waals surface area contributed by atoms with Crippen LogP contribution in [-0.4, -0.2) is 140 Å². The number of aliphatic hydroxyl groups excluding tert-OH is 8.